The standard InChI is InChI=1S/C16H19N3O4/c1-2-23-15(21)7-6-14(20)19-13(16(18)22)9-11-4-3-5-12(8-11)10-17/h3-5,8,13H,2,6-7,9H2,1H3,(H2,18,22)(H,19,20)/t13-/m0/s1. The van der Waals surface area contributed by atoms with Gasteiger partial charge < -0.3 is 15.8 Å². The van der Waals surface area contributed by atoms with Crippen LogP contribution in [0.15, 0.2) is 24.3 Å². The highest BCUT2D eigenvalue weighted by atomic mass is 16.5. The number of carbonyl (C=O) groups excluding carboxylic acids is 3. The Bertz CT molecular complexity index is 622. The maximum atomic E-state index is 11.8. The fourth-order valence-electron chi connectivity index (χ4n) is 1.94. The van der Waals surface area contributed by atoms with Crippen LogP contribution in [0.4, 0.5) is 0 Å². The van der Waals surface area contributed by atoms with Crippen molar-refractivity contribution in [3.05, 3.63) is 35.4 Å². The lowest BCUT2D eigenvalue weighted by atomic mass is 10.0. The van der Waals surface area contributed by atoms with Gasteiger partial charge in [-0.1, -0.05) is 12.1 Å². The van der Waals surface area contributed by atoms with Crippen LogP contribution in [0, 0.1) is 11.3 Å². The van der Waals surface area contributed by atoms with E-state index in [1.54, 1.807) is 31.2 Å². The van der Waals surface area contributed by atoms with Crippen molar-refractivity contribution in [1.29, 1.82) is 5.26 Å². The molecule has 1 aromatic carbocycles. The summed E-state index contributed by atoms with van der Waals surface area (Å²) >= 11 is 0. The van der Waals surface area contributed by atoms with E-state index in [4.69, 9.17) is 15.7 Å². The molecular formula is C16H19N3O4. The first-order chi connectivity index (χ1) is 11.0. The predicted octanol–water partition coefficient (Wildman–Crippen LogP) is 0.414. The number of primary amides is 1. The van der Waals surface area contributed by atoms with E-state index in [1.807, 2.05) is 6.07 Å². The topological polar surface area (TPSA) is 122 Å². The quantitative estimate of drug-likeness (QED) is 0.672. The smallest absolute Gasteiger partial charge is 0.306 e. The lowest BCUT2D eigenvalue weighted by Crippen LogP contribution is -2.45. The minimum atomic E-state index is -0.904. The first-order valence-corrected chi connectivity index (χ1v) is 7.19. The Morgan fingerprint density at radius 3 is 2.70 bits per heavy atom. The first-order valence-electron chi connectivity index (χ1n) is 7.19. The van der Waals surface area contributed by atoms with Gasteiger partial charge >= 0.3 is 5.97 Å². The Kier molecular flexibility index (Phi) is 7.27. The largest absolute Gasteiger partial charge is 0.466 e. The number of nitriles is 1. The van der Waals surface area contributed by atoms with Gasteiger partial charge in [0.05, 0.1) is 24.7 Å². The summed E-state index contributed by atoms with van der Waals surface area (Å²) in [5.74, 6) is -1.62. The molecule has 1 atom stereocenters. The van der Waals surface area contributed by atoms with Crippen molar-refractivity contribution >= 4 is 17.8 Å². The third-order valence-corrected chi connectivity index (χ3v) is 3.04. The molecule has 0 aliphatic rings. The summed E-state index contributed by atoms with van der Waals surface area (Å²) in [6.07, 6.45) is 0.0337. The number of rotatable bonds is 8. The molecule has 0 spiro atoms. The van der Waals surface area contributed by atoms with E-state index in [0.717, 1.165) is 0 Å². The molecule has 1 aromatic rings. The summed E-state index contributed by atoms with van der Waals surface area (Å²) < 4.78 is 4.72. The highest BCUT2D eigenvalue weighted by Crippen LogP contribution is 2.07. The fourth-order valence-corrected chi connectivity index (χ4v) is 1.94. The molecule has 0 saturated heterocycles. The maximum absolute atomic E-state index is 11.8. The second-order valence-electron chi connectivity index (χ2n) is 4.84. The van der Waals surface area contributed by atoms with Crippen LogP contribution in [0.25, 0.3) is 0 Å². The molecule has 0 aliphatic heterocycles. The zero-order chi connectivity index (χ0) is 17.2. The number of esters is 1. The van der Waals surface area contributed by atoms with E-state index in [2.05, 4.69) is 5.32 Å². The highest BCUT2D eigenvalue weighted by Gasteiger charge is 2.19. The summed E-state index contributed by atoms with van der Waals surface area (Å²) in [5, 5.41) is 11.4. The SMILES string of the molecule is CCOC(=O)CCC(=O)N[C@@H](Cc1cccc(C#N)c1)C(N)=O. The second-order valence-corrected chi connectivity index (χ2v) is 4.84. The number of benzene rings is 1. The minimum absolute atomic E-state index is 0.0604. The van der Waals surface area contributed by atoms with Gasteiger partial charge in [-0.25, -0.2) is 0 Å². The van der Waals surface area contributed by atoms with Crippen LogP contribution < -0.4 is 11.1 Å². The van der Waals surface area contributed by atoms with Crippen LogP contribution in [0.5, 0.6) is 0 Å². The van der Waals surface area contributed by atoms with Crippen molar-refractivity contribution in [3.8, 4) is 6.07 Å². The van der Waals surface area contributed by atoms with Gasteiger partial charge in [0.15, 0.2) is 0 Å². The van der Waals surface area contributed by atoms with Gasteiger partial charge in [0.1, 0.15) is 6.04 Å². The molecule has 0 aliphatic carbocycles. The molecule has 0 saturated carbocycles. The number of hydrogen-bond donors (Lipinski definition) is 2. The first kappa shape index (κ1) is 18.2. The lowest BCUT2D eigenvalue weighted by molar-refractivity contribution is -0.144. The molecule has 0 bridgehead atoms. The summed E-state index contributed by atoms with van der Waals surface area (Å²) in [5.41, 5.74) is 6.46. The van der Waals surface area contributed by atoms with Gasteiger partial charge in [-0.05, 0) is 24.6 Å². The van der Waals surface area contributed by atoms with Gasteiger partial charge in [0, 0.05) is 12.8 Å². The van der Waals surface area contributed by atoms with Crippen molar-refractivity contribution in [2.24, 2.45) is 5.73 Å². The van der Waals surface area contributed by atoms with E-state index in [-0.39, 0.29) is 25.9 Å². The minimum Gasteiger partial charge on any atom is -0.466 e. The summed E-state index contributed by atoms with van der Waals surface area (Å²) in [6, 6.07) is 7.79. The van der Waals surface area contributed by atoms with Gasteiger partial charge in [-0.15, -0.1) is 0 Å². The number of nitrogens with one attached hydrogen (secondary N) is 1. The number of amides is 2. The Hall–Kier alpha value is -2.88. The van der Waals surface area contributed by atoms with Crippen molar-refractivity contribution in [2.75, 3.05) is 6.61 Å². The Labute approximate surface area is 134 Å². The molecule has 7 heteroatoms. The fraction of sp³-hybridized carbons (Fsp3) is 0.375. The lowest BCUT2D eigenvalue weighted by Gasteiger charge is -2.15. The van der Waals surface area contributed by atoms with E-state index < -0.39 is 23.8 Å². The molecule has 1 rings (SSSR count). The normalized spacial score (nSPS) is 11.1. The molecule has 0 unspecified atom stereocenters. The average molecular weight is 317 g/mol. The van der Waals surface area contributed by atoms with Crippen molar-refractivity contribution < 1.29 is 19.1 Å². The van der Waals surface area contributed by atoms with Gasteiger partial charge in [-0.2, -0.15) is 5.26 Å². The van der Waals surface area contributed by atoms with Crippen LogP contribution in [-0.2, 0) is 25.5 Å². The van der Waals surface area contributed by atoms with Crippen LogP contribution in [0.2, 0.25) is 0 Å². The van der Waals surface area contributed by atoms with E-state index in [9.17, 15) is 14.4 Å². The molecule has 23 heavy (non-hydrogen) atoms. The Morgan fingerprint density at radius 1 is 1.35 bits per heavy atom. The maximum Gasteiger partial charge on any atom is 0.306 e. The number of ether oxygens (including phenoxy) is 1. The molecule has 0 heterocycles. The highest BCUT2D eigenvalue weighted by molar-refractivity contribution is 5.88. The zero-order valence-electron chi connectivity index (χ0n) is 12.9. The predicted molar refractivity (Wildman–Crippen MR) is 81.9 cm³/mol. The van der Waals surface area contributed by atoms with Crippen LogP contribution in [0.3, 0.4) is 0 Å². The number of hydrogen-bond acceptors (Lipinski definition) is 5. The third kappa shape index (κ3) is 6.61. The number of nitrogens with two attached hydrogens (primary N) is 1. The molecule has 0 fully saturated rings. The van der Waals surface area contributed by atoms with Crippen molar-refractivity contribution in [1.82, 2.24) is 5.32 Å². The van der Waals surface area contributed by atoms with E-state index >= 15 is 0 Å². The Morgan fingerprint density at radius 2 is 2.09 bits per heavy atom. The third-order valence-electron chi connectivity index (χ3n) is 3.04. The molecule has 122 valence electrons. The van der Waals surface area contributed by atoms with Gasteiger partial charge in [0.25, 0.3) is 0 Å². The summed E-state index contributed by atoms with van der Waals surface area (Å²) in [4.78, 5) is 34.5. The van der Waals surface area contributed by atoms with Crippen LogP contribution >= 0.6 is 0 Å². The Balaban J connectivity index is 2.61. The molecule has 7 nitrogen and oxygen atoms in total. The van der Waals surface area contributed by atoms with Crippen molar-refractivity contribution in [2.45, 2.75) is 32.2 Å². The van der Waals surface area contributed by atoms with Crippen LogP contribution in [-0.4, -0.2) is 30.4 Å². The van der Waals surface area contributed by atoms with Crippen molar-refractivity contribution in [3.63, 3.8) is 0 Å². The monoisotopic (exact) mass is 317 g/mol. The van der Waals surface area contributed by atoms with Gasteiger partial charge in [-0.3, -0.25) is 14.4 Å². The van der Waals surface area contributed by atoms with Gasteiger partial charge in [0.2, 0.25) is 11.8 Å². The average Bonchev–Trinajstić information content (AvgIpc) is 2.52. The molecular weight excluding hydrogens is 298 g/mol. The molecule has 0 aromatic heterocycles. The molecule has 2 amide bonds. The van der Waals surface area contributed by atoms with E-state index in [0.29, 0.717) is 11.1 Å². The molecule has 3 N–H and O–H groups in total. The zero-order valence-corrected chi connectivity index (χ0v) is 12.9. The second kappa shape index (κ2) is 9.20. The summed E-state index contributed by atoms with van der Waals surface area (Å²) in [7, 11) is 0. The molecule has 0 radical (unpaired) electrons. The number of nitrogens with zero attached hydrogens (tertiary/aromatic N) is 1. The number of carbonyl (C=O) groups is 3. The van der Waals surface area contributed by atoms with Crippen LogP contribution in [0.1, 0.15) is 30.9 Å². The summed E-state index contributed by atoms with van der Waals surface area (Å²) in [6.45, 7) is 1.93. The van der Waals surface area contributed by atoms with E-state index in [1.165, 1.54) is 0 Å².